The number of nitrogens with one attached hydrogen (secondary N) is 1. The van der Waals surface area contributed by atoms with Gasteiger partial charge in [0, 0.05) is 6.07 Å². The molecular weight excluding hydrogens is 274 g/mol. The van der Waals surface area contributed by atoms with Gasteiger partial charge >= 0.3 is 5.97 Å². The van der Waals surface area contributed by atoms with Gasteiger partial charge in [0.05, 0.1) is 19.1 Å². The number of benzene rings is 1. The number of aryl methyl sites for hydroxylation is 1. The molecule has 0 unspecified atom stereocenters. The molecule has 0 amide bonds. The largest absolute Gasteiger partial charge is 0.493 e. The van der Waals surface area contributed by atoms with Crippen molar-refractivity contribution in [2.24, 2.45) is 0 Å². The Hall–Kier alpha value is -1.80. The molecule has 0 bridgehead atoms. The Morgan fingerprint density at radius 2 is 1.79 bits per heavy atom. The molecule has 106 valence electrons. The van der Waals surface area contributed by atoms with Crippen LogP contribution in [0.25, 0.3) is 0 Å². The Kier molecular flexibility index (Phi) is 4.73. The van der Waals surface area contributed by atoms with Gasteiger partial charge in [0.25, 0.3) is 0 Å². The number of carboxylic acid groups (broad SMARTS) is 1. The minimum atomic E-state index is -3.91. The van der Waals surface area contributed by atoms with Gasteiger partial charge in [0.1, 0.15) is 6.54 Å². The molecule has 0 aliphatic rings. The number of hydrogen-bond acceptors (Lipinski definition) is 5. The SMILES string of the molecule is COc1cc(C)c(S(=O)(=O)NCC(=O)O)cc1OC. The average Bonchev–Trinajstić information content (AvgIpc) is 2.35. The van der Waals surface area contributed by atoms with Crippen LogP contribution in [0, 0.1) is 6.92 Å². The zero-order chi connectivity index (χ0) is 14.6. The van der Waals surface area contributed by atoms with Gasteiger partial charge in [0.2, 0.25) is 10.0 Å². The Labute approximate surface area is 111 Å². The summed E-state index contributed by atoms with van der Waals surface area (Å²) in [5, 5.41) is 8.50. The van der Waals surface area contributed by atoms with Gasteiger partial charge < -0.3 is 14.6 Å². The Bertz CT molecular complexity index is 581. The van der Waals surface area contributed by atoms with Gasteiger partial charge in [-0.05, 0) is 18.6 Å². The van der Waals surface area contributed by atoms with Crippen molar-refractivity contribution in [1.82, 2.24) is 4.72 Å². The maximum absolute atomic E-state index is 12.0. The summed E-state index contributed by atoms with van der Waals surface area (Å²) in [6.45, 7) is 0.896. The molecule has 19 heavy (non-hydrogen) atoms. The van der Waals surface area contributed by atoms with Gasteiger partial charge in [-0.2, -0.15) is 4.72 Å². The van der Waals surface area contributed by atoms with E-state index in [9.17, 15) is 13.2 Å². The predicted molar refractivity (Wildman–Crippen MR) is 67.1 cm³/mol. The first-order valence-corrected chi connectivity index (χ1v) is 6.74. The first kappa shape index (κ1) is 15.3. The normalized spacial score (nSPS) is 11.1. The van der Waals surface area contributed by atoms with Crippen LogP contribution in [0.1, 0.15) is 5.56 Å². The van der Waals surface area contributed by atoms with Crippen LogP contribution in [0.3, 0.4) is 0 Å². The van der Waals surface area contributed by atoms with E-state index < -0.39 is 22.5 Å². The van der Waals surface area contributed by atoms with E-state index in [-0.39, 0.29) is 10.6 Å². The molecular formula is C11H15NO6S. The first-order valence-electron chi connectivity index (χ1n) is 5.26. The Morgan fingerprint density at radius 3 is 2.26 bits per heavy atom. The highest BCUT2D eigenvalue weighted by Crippen LogP contribution is 2.32. The standard InChI is InChI=1S/C11H15NO6S/c1-7-4-8(17-2)9(18-3)5-10(7)19(15,16)12-6-11(13)14/h4-5,12H,6H2,1-3H3,(H,13,14). The van der Waals surface area contributed by atoms with Crippen LogP contribution < -0.4 is 14.2 Å². The fraction of sp³-hybridized carbons (Fsp3) is 0.364. The number of methoxy groups -OCH3 is 2. The smallest absolute Gasteiger partial charge is 0.318 e. The lowest BCUT2D eigenvalue weighted by Gasteiger charge is -2.13. The summed E-state index contributed by atoms with van der Waals surface area (Å²) < 4.78 is 36.0. The molecule has 0 heterocycles. The third-order valence-electron chi connectivity index (χ3n) is 2.38. The molecule has 1 aromatic rings. The highest BCUT2D eigenvalue weighted by Gasteiger charge is 2.20. The molecule has 0 spiro atoms. The van der Waals surface area contributed by atoms with E-state index in [4.69, 9.17) is 14.6 Å². The summed E-state index contributed by atoms with van der Waals surface area (Å²) in [7, 11) is -1.09. The lowest BCUT2D eigenvalue weighted by Crippen LogP contribution is -2.29. The molecule has 2 N–H and O–H groups in total. The second-order valence-corrected chi connectivity index (χ2v) is 5.43. The van der Waals surface area contributed by atoms with Crippen LogP contribution in [-0.4, -0.2) is 40.3 Å². The molecule has 0 radical (unpaired) electrons. The van der Waals surface area contributed by atoms with Crippen molar-refractivity contribution >= 4 is 16.0 Å². The zero-order valence-electron chi connectivity index (χ0n) is 10.8. The Balaban J connectivity index is 3.23. The number of carbonyl (C=O) groups is 1. The maximum atomic E-state index is 12.0. The fourth-order valence-electron chi connectivity index (χ4n) is 1.49. The van der Waals surface area contributed by atoms with Gasteiger partial charge in [-0.15, -0.1) is 0 Å². The van der Waals surface area contributed by atoms with Crippen molar-refractivity contribution in [1.29, 1.82) is 0 Å². The highest BCUT2D eigenvalue weighted by atomic mass is 32.2. The van der Waals surface area contributed by atoms with E-state index in [1.807, 2.05) is 4.72 Å². The van der Waals surface area contributed by atoms with Crippen LogP contribution in [-0.2, 0) is 14.8 Å². The topological polar surface area (TPSA) is 102 Å². The molecule has 0 atom stereocenters. The second kappa shape index (κ2) is 5.89. The van der Waals surface area contributed by atoms with Crippen molar-refractivity contribution in [3.8, 4) is 11.5 Å². The number of rotatable bonds is 6. The molecule has 1 rings (SSSR count). The van der Waals surface area contributed by atoms with E-state index in [1.165, 1.54) is 26.4 Å². The lowest BCUT2D eigenvalue weighted by molar-refractivity contribution is -0.135. The molecule has 0 saturated carbocycles. The zero-order valence-corrected chi connectivity index (χ0v) is 11.6. The highest BCUT2D eigenvalue weighted by molar-refractivity contribution is 7.89. The third-order valence-corrected chi connectivity index (χ3v) is 3.93. The molecule has 0 saturated heterocycles. The van der Waals surface area contributed by atoms with Crippen LogP contribution in [0.5, 0.6) is 11.5 Å². The minimum absolute atomic E-state index is 0.0496. The van der Waals surface area contributed by atoms with E-state index >= 15 is 0 Å². The molecule has 7 nitrogen and oxygen atoms in total. The summed E-state index contributed by atoms with van der Waals surface area (Å²) in [5.41, 5.74) is 0.426. The summed E-state index contributed by atoms with van der Waals surface area (Å²) in [5.74, 6) is -0.609. The molecule has 0 fully saturated rings. The van der Waals surface area contributed by atoms with Crippen molar-refractivity contribution in [2.45, 2.75) is 11.8 Å². The minimum Gasteiger partial charge on any atom is -0.493 e. The second-order valence-electron chi connectivity index (χ2n) is 3.69. The van der Waals surface area contributed by atoms with Crippen molar-refractivity contribution in [2.75, 3.05) is 20.8 Å². The van der Waals surface area contributed by atoms with Crippen molar-refractivity contribution in [3.05, 3.63) is 17.7 Å². The molecule has 8 heteroatoms. The van der Waals surface area contributed by atoms with Crippen LogP contribution in [0.15, 0.2) is 17.0 Å². The van der Waals surface area contributed by atoms with Gasteiger partial charge in [-0.25, -0.2) is 8.42 Å². The molecule has 0 aliphatic carbocycles. The quantitative estimate of drug-likeness (QED) is 0.784. The monoisotopic (exact) mass is 289 g/mol. The molecule has 0 aliphatic heterocycles. The van der Waals surface area contributed by atoms with E-state index in [2.05, 4.69) is 0 Å². The molecule has 1 aromatic carbocycles. The van der Waals surface area contributed by atoms with Gasteiger partial charge in [-0.1, -0.05) is 0 Å². The number of carboxylic acids is 1. The first-order chi connectivity index (χ1) is 8.81. The van der Waals surface area contributed by atoms with Crippen molar-refractivity contribution < 1.29 is 27.8 Å². The van der Waals surface area contributed by atoms with E-state index in [0.29, 0.717) is 11.3 Å². The average molecular weight is 289 g/mol. The summed E-state index contributed by atoms with van der Waals surface area (Å²) in [4.78, 5) is 10.4. The van der Waals surface area contributed by atoms with Gasteiger partial charge in [0.15, 0.2) is 11.5 Å². The predicted octanol–water partition coefficient (Wildman–Crippen LogP) is 0.375. The van der Waals surface area contributed by atoms with E-state index in [1.54, 1.807) is 6.92 Å². The number of aliphatic carboxylic acids is 1. The van der Waals surface area contributed by atoms with Gasteiger partial charge in [-0.3, -0.25) is 4.79 Å². The number of hydrogen-bond donors (Lipinski definition) is 2. The van der Waals surface area contributed by atoms with Crippen molar-refractivity contribution in [3.63, 3.8) is 0 Å². The maximum Gasteiger partial charge on any atom is 0.318 e. The fourth-order valence-corrected chi connectivity index (χ4v) is 2.70. The number of sulfonamides is 1. The summed E-state index contributed by atoms with van der Waals surface area (Å²) in [6.07, 6.45) is 0. The van der Waals surface area contributed by atoms with Crippen LogP contribution in [0.2, 0.25) is 0 Å². The van der Waals surface area contributed by atoms with Crippen LogP contribution >= 0.6 is 0 Å². The summed E-state index contributed by atoms with van der Waals surface area (Å²) in [6, 6.07) is 2.80. The number of ether oxygens (including phenoxy) is 2. The molecule has 0 aromatic heterocycles. The third kappa shape index (κ3) is 3.58. The van der Waals surface area contributed by atoms with Crippen LogP contribution in [0.4, 0.5) is 0 Å². The lowest BCUT2D eigenvalue weighted by atomic mass is 10.2. The Morgan fingerprint density at radius 1 is 1.26 bits per heavy atom. The van der Waals surface area contributed by atoms with E-state index in [0.717, 1.165) is 0 Å². The summed E-state index contributed by atoms with van der Waals surface area (Å²) >= 11 is 0.